The first kappa shape index (κ1) is 27.1. The Kier molecular flexibility index (Phi) is 6.98. The van der Waals surface area contributed by atoms with Crippen molar-refractivity contribution in [3.8, 4) is 0 Å². The van der Waals surface area contributed by atoms with Crippen molar-refractivity contribution in [3.05, 3.63) is 66.8 Å². The number of halogens is 5. The van der Waals surface area contributed by atoms with Gasteiger partial charge in [0.2, 0.25) is 0 Å². The lowest BCUT2D eigenvalue weighted by Gasteiger charge is -2.37. The maximum Gasteiger partial charge on any atom is 0.416 e. The van der Waals surface area contributed by atoms with E-state index in [4.69, 9.17) is 11.6 Å². The van der Waals surface area contributed by atoms with Crippen LogP contribution in [0.25, 0.3) is 10.9 Å². The Labute approximate surface area is 237 Å². The van der Waals surface area contributed by atoms with Gasteiger partial charge in [0.15, 0.2) is 0 Å². The van der Waals surface area contributed by atoms with Gasteiger partial charge in [-0.2, -0.15) is 29.1 Å². The number of hydrogen-bond acceptors (Lipinski definition) is 6. The molecule has 2 aliphatic heterocycles. The number of alkyl halides is 3. The first-order chi connectivity index (χ1) is 18.5. The summed E-state index contributed by atoms with van der Waals surface area (Å²) in [6.07, 6.45) is -4.59. The van der Waals surface area contributed by atoms with Crippen molar-refractivity contribution in [1.82, 2.24) is 14.9 Å². The van der Waals surface area contributed by atoms with Crippen LogP contribution in [0.1, 0.15) is 30.2 Å². The Hall–Kier alpha value is -2.12. The SMILES string of the molecule is C[C@@H]1CN(c2nc(=O)n3c4c(cc(C(F)(F)F)cc24)[SH](c2cc(Cl)cs2)C[C@@H](c2cc(F)cs2)C3)C[C@H](C)N1. The number of rotatable bonds is 3. The van der Waals surface area contributed by atoms with Gasteiger partial charge in [-0.1, -0.05) is 11.6 Å². The third-order valence-electron chi connectivity index (χ3n) is 7.12. The largest absolute Gasteiger partial charge is 0.416 e. The number of benzene rings is 1. The van der Waals surface area contributed by atoms with Gasteiger partial charge in [0.25, 0.3) is 0 Å². The second-order valence-electron chi connectivity index (χ2n) is 10.2. The molecule has 3 aromatic heterocycles. The second kappa shape index (κ2) is 10.1. The molecule has 1 saturated heterocycles. The average Bonchev–Trinajstić information content (AvgIpc) is 3.44. The molecule has 13 heteroatoms. The predicted molar refractivity (Wildman–Crippen MR) is 152 cm³/mol. The van der Waals surface area contributed by atoms with E-state index in [9.17, 15) is 22.4 Å². The van der Waals surface area contributed by atoms with Gasteiger partial charge in [-0.15, -0.1) is 22.7 Å². The molecule has 1 fully saturated rings. The molecule has 6 rings (SSSR count). The maximum atomic E-state index is 14.3. The van der Waals surface area contributed by atoms with Crippen molar-refractivity contribution >= 4 is 61.9 Å². The summed E-state index contributed by atoms with van der Waals surface area (Å²) < 4.78 is 59.5. The summed E-state index contributed by atoms with van der Waals surface area (Å²) in [6.45, 7) is 5.21. The number of thiol groups is 1. The Morgan fingerprint density at radius 1 is 1.08 bits per heavy atom. The van der Waals surface area contributed by atoms with E-state index in [-0.39, 0.29) is 36.2 Å². The Balaban J connectivity index is 1.66. The molecule has 0 spiro atoms. The quantitative estimate of drug-likeness (QED) is 0.198. The summed E-state index contributed by atoms with van der Waals surface area (Å²) in [6, 6.07) is 5.71. The van der Waals surface area contributed by atoms with Gasteiger partial charge < -0.3 is 10.2 Å². The minimum Gasteiger partial charge on any atom is -0.353 e. The molecule has 1 unspecified atom stereocenters. The lowest BCUT2D eigenvalue weighted by atomic mass is 10.1. The van der Waals surface area contributed by atoms with E-state index in [1.54, 1.807) is 11.4 Å². The first-order valence-corrected chi connectivity index (χ1v) is 16.1. The van der Waals surface area contributed by atoms with Crippen molar-refractivity contribution < 1.29 is 17.6 Å². The van der Waals surface area contributed by atoms with Gasteiger partial charge in [0, 0.05) is 67.8 Å². The zero-order valence-corrected chi connectivity index (χ0v) is 24.2. The fraction of sp³-hybridized carbons (Fsp3) is 0.385. The average molecular weight is 617 g/mol. The summed E-state index contributed by atoms with van der Waals surface area (Å²) in [7, 11) is -1.35. The topological polar surface area (TPSA) is 50.2 Å². The van der Waals surface area contributed by atoms with Gasteiger partial charge in [0.1, 0.15) is 11.6 Å². The molecule has 4 atom stereocenters. The van der Waals surface area contributed by atoms with E-state index >= 15 is 0 Å². The van der Waals surface area contributed by atoms with Crippen LogP contribution in [0, 0.1) is 5.82 Å². The van der Waals surface area contributed by atoms with Crippen LogP contribution in [0.3, 0.4) is 0 Å². The van der Waals surface area contributed by atoms with Crippen molar-refractivity contribution in [2.75, 3.05) is 23.7 Å². The standard InChI is InChI=1S/C26H25ClF4N4OS3/c1-13-7-34(8-14(2)32-13)24-19-3-16(26(29,30)31)4-21-23(19)35(25(36)33-24)9-15(20-6-18(28)11-37-20)12-39(21)22-5-17(27)10-38-22/h3-6,10-11,13-15,32,39H,7-9,12H2,1-2H3/t13-,14+,15-/m0/s1. The van der Waals surface area contributed by atoms with Gasteiger partial charge in [-0.3, -0.25) is 4.57 Å². The molecule has 39 heavy (non-hydrogen) atoms. The van der Waals surface area contributed by atoms with E-state index in [1.165, 1.54) is 44.8 Å². The minimum atomic E-state index is -4.59. The first-order valence-electron chi connectivity index (χ1n) is 12.4. The number of piperazine rings is 1. The number of anilines is 1. The van der Waals surface area contributed by atoms with Crippen molar-refractivity contribution in [1.29, 1.82) is 0 Å². The van der Waals surface area contributed by atoms with Crippen molar-refractivity contribution in [2.45, 2.75) is 53.7 Å². The molecular formula is C26H25ClF4N4OS3. The number of nitrogens with one attached hydrogen (secondary N) is 1. The molecule has 1 aromatic carbocycles. The summed E-state index contributed by atoms with van der Waals surface area (Å²) in [5.41, 5.74) is -0.808. The van der Waals surface area contributed by atoms with Crippen LogP contribution in [0.4, 0.5) is 23.4 Å². The number of hydrogen-bond donors (Lipinski definition) is 2. The summed E-state index contributed by atoms with van der Waals surface area (Å²) in [5, 5.41) is 7.42. The minimum absolute atomic E-state index is 0.0671. The van der Waals surface area contributed by atoms with E-state index < -0.39 is 28.3 Å². The Bertz CT molecular complexity index is 1610. The van der Waals surface area contributed by atoms with Crippen LogP contribution in [-0.4, -0.2) is 40.5 Å². The third-order valence-corrected chi connectivity index (χ3v) is 12.6. The maximum absolute atomic E-state index is 14.3. The van der Waals surface area contributed by atoms with E-state index in [2.05, 4.69) is 10.3 Å². The lowest BCUT2D eigenvalue weighted by molar-refractivity contribution is -0.137. The predicted octanol–water partition coefficient (Wildman–Crippen LogP) is 6.73. The Morgan fingerprint density at radius 3 is 2.44 bits per heavy atom. The number of nitrogens with zero attached hydrogens (tertiary/aromatic N) is 3. The molecular weight excluding hydrogens is 592 g/mol. The molecule has 5 heterocycles. The Morgan fingerprint density at radius 2 is 1.82 bits per heavy atom. The molecule has 1 N–H and O–H groups in total. The van der Waals surface area contributed by atoms with E-state index in [1.807, 2.05) is 18.7 Å². The van der Waals surface area contributed by atoms with E-state index in [0.29, 0.717) is 39.7 Å². The van der Waals surface area contributed by atoms with Gasteiger partial charge in [-0.25, -0.2) is 9.18 Å². The molecule has 0 radical (unpaired) electrons. The van der Waals surface area contributed by atoms with Gasteiger partial charge in [-0.05, 0) is 43.9 Å². The highest BCUT2D eigenvalue weighted by Crippen LogP contribution is 2.56. The zero-order chi connectivity index (χ0) is 27.6. The molecule has 2 aliphatic rings. The fourth-order valence-corrected chi connectivity index (χ4v) is 11.1. The molecule has 0 amide bonds. The van der Waals surface area contributed by atoms with Crippen molar-refractivity contribution in [3.63, 3.8) is 0 Å². The lowest BCUT2D eigenvalue weighted by Crippen LogP contribution is -2.55. The molecule has 0 saturated carbocycles. The summed E-state index contributed by atoms with van der Waals surface area (Å²) in [5.74, 6) is 0.0906. The molecule has 208 valence electrons. The number of aromatic nitrogens is 2. The van der Waals surface area contributed by atoms with Crippen LogP contribution in [-0.2, 0) is 12.7 Å². The highest BCUT2D eigenvalue weighted by molar-refractivity contribution is 8.18. The summed E-state index contributed by atoms with van der Waals surface area (Å²) in [4.78, 5) is 21.2. The number of thiophene rings is 2. The monoisotopic (exact) mass is 616 g/mol. The van der Waals surface area contributed by atoms with E-state index in [0.717, 1.165) is 15.2 Å². The highest BCUT2D eigenvalue weighted by Gasteiger charge is 2.37. The molecule has 5 nitrogen and oxygen atoms in total. The summed E-state index contributed by atoms with van der Waals surface area (Å²) >= 11 is 8.94. The molecule has 0 aliphatic carbocycles. The van der Waals surface area contributed by atoms with Crippen LogP contribution in [0.2, 0.25) is 5.02 Å². The zero-order valence-electron chi connectivity index (χ0n) is 20.9. The van der Waals surface area contributed by atoms with Gasteiger partial charge in [0.05, 0.1) is 16.1 Å². The second-order valence-corrected chi connectivity index (χ2v) is 14.9. The normalized spacial score (nSPS) is 24.7. The van der Waals surface area contributed by atoms with Crippen LogP contribution >= 0.6 is 45.2 Å². The van der Waals surface area contributed by atoms with Crippen LogP contribution < -0.4 is 15.9 Å². The van der Waals surface area contributed by atoms with Crippen LogP contribution in [0.15, 0.2) is 48.9 Å². The fourth-order valence-electron chi connectivity index (χ4n) is 5.63. The molecule has 4 aromatic rings. The highest BCUT2D eigenvalue weighted by atomic mass is 35.5. The molecule has 0 bridgehead atoms. The van der Waals surface area contributed by atoms with Gasteiger partial charge >= 0.3 is 11.9 Å². The smallest absolute Gasteiger partial charge is 0.353 e. The third kappa shape index (κ3) is 5.10. The van der Waals surface area contributed by atoms with Crippen molar-refractivity contribution in [2.24, 2.45) is 0 Å². The van der Waals surface area contributed by atoms with Crippen LogP contribution in [0.5, 0.6) is 0 Å².